The summed E-state index contributed by atoms with van der Waals surface area (Å²) < 4.78 is 35.7. The summed E-state index contributed by atoms with van der Waals surface area (Å²) >= 11 is 0. The smallest absolute Gasteiger partial charge is 0.310 e. The van der Waals surface area contributed by atoms with Crippen molar-refractivity contribution in [2.75, 3.05) is 37.8 Å². The Kier molecular flexibility index (Phi) is 8.32. The van der Waals surface area contributed by atoms with Crippen molar-refractivity contribution in [2.45, 2.75) is 26.3 Å². The number of nitrogens with zero attached hydrogens (tertiary/aromatic N) is 2. The predicted molar refractivity (Wildman–Crippen MR) is 143 cm³/mol. The zero-order chi connectivity index (χ0) is 28.9. The van der Waals surface area contributed by atoms with Gasteiger partial charge in [0.25, 0.3) is 11.8 Å². The molecule has 0 radical (unpaired) electrons. The number of hydrogen-bond acceptors (Lipinski definition) is 8. The summed E-state index contributed by atoms with van der Waals surface area (Å²) in [4.78, 5) is 53.9. The molecular weight excluding hydrogens is 535 g/mol. The minimum absolute atomic E-state index is 0.00268. The van der Waals surface area contributed by atoms with Crippen molar-refractivity contribution in [1.29, 1.82) is 0 Å². The first-order valence-electron chi connectivity index (χ1n) is 13.4. The van der Waals surface area contributed by atoms with Gasteiger partial charge in [-0.3, -0.25) is 24.1 Å². The van der Waals surface area contributed by atoms with E-state index < -0.39 is 18.2 Å². The number of fused-ring (bicyclic) bond motifs is 1. The second-order valence-electron chi connectivity index (χ2n) is 9.70. The third-order valence-corrected chi connectivity index (χ3v) is 6.93. The number of likely N-dealkylation sites (tertiary alicyclic amines) is 1. The normalized spacial score (nSPS) is 16.5. The molecule has 0 unspecified atom stereocenters. The first kappa shape index (κ1) is 27.9. The lowest BCUT2D eigenvalue weighted by Crippen LogP contribution is -2.42. The first-order chi connectivity index (χ1) is 19.8. The molecule has 0 spiro atoms. The Morgan fingerprint density at radius 1 is 1.10 bits per heavy atom. The molecule has 3 heterocycles. The van der Waals surface area contributed by atoms with E-state index in [1.54, 1.807) is 36.1 Å². The molecule has 0 N–H and O–H groups in total. The Balaban J connectivity index is 1.28. The number of amides is 2. The van der Waals surface area contributed by atoms with Crippen LogP contribution in [0.2, 0.25) is 0 Å². The molecule has 3 aromatic rings. The maximum atomic E-state index is 13.9. The lowest BCUT2D eigenvalue weighted by molar-refractivity contribution is -0.149. The zero-order valence-electron chi connectivity index (χ0n) is 22.5. The molecule has 10 nitrogen and oxygen atoms in total. The largest absolute Gasteiger partial charge is 0.482 e. The van der Waals surface area contributed by atoms with Gasteiger partial charge in [0, 0.05) is 18.7 Å². The summed E-state index contributed by atoms with van der Waals surface area (Å²) in [5, 5.41) is 0. The van der Waals surface area contributed by atoms with Gasteiger partial charge in [-0.15, -0.1) is 0 Å². The molecular formula is C30H29FN2O8. The molecule has 2 aromatic carbocycles. The van der Waals surface area contributed by atoms with Crippen LogP contribution in [0.5, 0.6) is 11.5 Å². The van der Waals surface area contributed by atoms with E-state index in [-0.39, 0.29) is 67.1 Å². The monoisotopic (exact) mass is 564 g/mol. The van der Waals surface area contributed by atoms with Crippen molar-refractivity contribution in [3.05, 3.63) is 77.5 Å². The van der Waals surface area contributed by atoms with Gasteiger partial charge in [0.05, 0.1) is 24.8 Å². The highest BCUT2D eigenvalue weighted by atomic mass is 19.1. The van der Waals surface area contributed by atoms with Crippen molar-refractivity contribution in [3.8, 4) is 11.5 Å². The SMILES string of the molecule is CCOC(=O)[C@@H]1CCCN(C(=O)c2ccc(CN3C(=O)COc4ccc(C(=O)COc5ccccc5F)cc43)o2)C1. The average Bonchev–Trinajstić information content (AvgIpc) is 3.46. The van der Waals surface area contributed by atoms with E-state index in [0.29, 0.717) is 36.6 Å². The van der Waals surface area contributed by atoms with E-state index >= 15 is 0 Å². The number of furan rings is 1. The number of para-hydroxylation sites is 1. The number of anilines is 1. The highest BCUT2D eigenvalue weighted by molar-refractivity contribution is 6.02. The van der Waals surface area contributed by atoms with Crippen molar-refractivity contribution in [3.63, 3.8) is 0 Å². The molecule has 214 valence electrons. The summed E-state index contributed by atoms with van der Waals surface area (Å²) in [5.74, 6) is -1.57. The third-order valence-electron chi connectivity index (χ3n) is 6.93. The van der Waals surface area contributed by atoms with Gasteiger partial charge < -0.3 is 23.5 Å². The van der Waals surface area contributed by atoms with Crippen LogP contribution < -0.4 is 14.4 Å². The van der Waals surface area contributed by atoms with Crippen LogP contribution in [0.4, 0.5) is 10.1 Å². The first-order valence-corrected chi connectivity index (χ1v) is 13.4. The molecule has 41 heavy (non-hydrogen) atoms. The lowest BCUT2D eigenvalue weighted by Gasteiger charge is -2.31. The molecule has 1 aromatic heterocycles. The number of hydrogen-bond donors (Lipinski definition) is 0. The van der Waals surface area contributed by atoms with Gasteiger partial charge >= 0.3 is 5.97 Å². The number of carbonyl (C=O) groups is 4. The summed E-state index contributed by atoms with van der Waals surface area (Å²) in [5.41, 5.74) is 0.607. The van der Waals surface area contributed by atoms with Gasteiger partial charge in [-0.05, 0) is 62.2 Å². The Labute approximate surface area is 235 Å². The standard InChI is InChI=1S/C30H29FN2O8/c1-2-38-30(37)20-6-5-13-32(15-20)29(36)27-12-10-21(41-27)16-33-23-14-19(9-11-26(23)40-18-28(33)35)24(34)17-39-25-8-4-3-7-22(25)31/h3-4,7-12,14,20H,2,5-6,13,15-18H2,1H3/t20-/m1/s1. The Morgan fingerprint density at radius 3 is 2.73 bits per heavy atom. The van der Waals surface area contributed by atoms with Crippen LogP contribution in [0, 0.1) is 11.7 Å². The predicted octanol–water partition coefficient (Wildman–Crippen LogP) is 4.02. The number of esters is 1. The van der Waals surface area contributed by atoms with Crippen LogP contribution in [-0.2, 0) is 20.9 Å². The quantitative estimate of drug-likeness (QED) is 0.283. The van der Waals surface area contributed by atoms with Crippen molar-refractivity contribution < 1.29 is 42.2 Å². The number of Topliss-reactive ketones (excluding diaryl/α,β-unsaturated/α-hetero) is 1. The zero-order valence-corrected chi connectivity index (χ0v) is 22.5. The molecule has 2 aliphatic rings. The fraction of sp³-hybridized carbons (Fsp3) is 0.333. The molecule has 1 saturated heterocycles. The molecule has 5 rings (SSSR count). The Morgan fingerprint density at radius 2 is 1.93 bits per heavy atom. The summed E-state index contributed by atoms with van der Waals surface area (Å²) in [6, 6.07) is 13.6. The van der Waals surface area contributed by atoms with Gasteiger partial charge in [0.1, 0.15) is 11.5 Å². The average molecular weight is 565 g/mol. The fourth-order valence-electron chi connectivity index (χ4n) is 4.84. The molecule has 11 heteroatoms. The summed E-state index contributed by atoms with van der Waals surface area (Å²) in [7, 11) is 0. The van der Waals surface area contributed by atoms with Gasteiger partial charge in [-0.25, -0.2) is 4.39 Å². The van der Waals surface area contributed by atoms with Crippen LogP contribution in [0.3, 0.4) is 0 Å². The highest BCUT2D eigenvalue weighted by Crippen LogP contribution is 2.34. The van der Waals surface area contributed by atoms with E-state index in [1.807, 2.05) is 0 Å². The fourth-order valence-corrected chi connectivity index (χ4v) is 4.84. The second-order valence-corrected chi connectivity index (χ2v) is 9.70. The maximum Gasteiger partial charge on any atom is 0.310 e. The number of benzene rings is 2. The van der Waals surface area contributed by atoms with E-state index in [0.717, 1.165) is 0 Å². The topological polar surface area (TPSA) is 116 Å². The molecule has 0 bridgehead atoms. The number of halogens is 1. The van der Waals surface area contributed by atoms with E-state index in [4.69, 9.17) is 18.6 Å². The minimum atomic E-state index is -0.577. The van der Waals surface area contributed by atoms with E-state index in [9.17, 15) is 23.6 Å². The molecule has 1 fully saturated rings. The molecule has 0 saturated carbocycles. The molecule has 2 amide bonds. The van der Waals surface area contributed by atoms with Crippen LogP contribution in [0.1, 0.15) is 46.4 Å². The number of carbonyl (C=O) groups excluding carboxylic acids is 4. The molecule has 0 aliphatic carbocycles. The van der Waals surface area contributed by atoms with Crippen LogP contribution in [0.15, 0.2) is 59.0 Å². The number of ketones is 1. The van der Waals surface area contributed by atoms with Gasteiger partial charge in [-0.1, -0.05) is 12.1 Å². The maximum absolute atomic E-state index is 13.9. The van der Waals surface area contributed by atoms with Gasteiger partial charge in [0.2, 0.25) is 0 Å². The Bertz CT molecular complexity index is 1470. The summed E-state index contributed by atoms with van der Waals surface area (Å²) in [6.45, 7) is 2.17. The van der Waals surface area contributed by atoms with Gasteiger partial charge in [0.15, 0.2) is 36.3 Å². The van der Waals surface area contributed by atoms with Gasteiger partial charge in [-0.2, -0.15) is 0 Å². The third kappa shape index (κ3) is 6.24. The Hall–Kier alpha value is -4.67. The second kappa shape index (κ2) is 12.2. The molecule has 1 atom stereocenters. The van der Waals surface area contributed by atoms with Crippen LogP contribution >= 0.6 is 0 Å². The van der Waals surface area contributed by atoms with Crippen molar-refractivity contribution >= 4 is 29.3 Å². The van der Waals surface area contributed by atoms with E-state index in [2.05, 4.69) is 0 Å². The van der Waals surface area contributed by atoms with Crippen molar-refractivity contribution in [2.24, 2.45) is 5.92 Å². The summed E-state index contributed by atoms with van der Waals surface area (Å²) in [6.07, 6.45) is 1.33. The lowest BCUT2D eigenvalue weighted by atomic mass is 9.98. The van der Waals surface area contributed by atoms with Crippen LogP contribution in [-0.4, -0.2) is 61.4 Å². The molecule has 2 aliphatic heterocycles. The minimum Gasteiger partial charge on any atom is -0.482 e. The van der Waals surface area contributed by atoms with Crippen molar-refractivity contribution in [1.82, 2.24) is 4.90 Å². The number of piperidine rings is 1. The van der Waals surface area contributed by atoms with Crippen LogP contribution in [0.25, 0.3) is 0 Å². The number of ether oxygens (including phenoxy) is 3. The van der Waals surface area contributed by atoms with E-state index in [1.165, 1.54) is 35.2 Å². The highest BCUT2D eigenvalue weighted by Gasteiger charge is 2.32. The number of rotatable bonds is 9.